The van der Waals surface area contributed by atoms with Crippen LogP contribution in [0.1, 0.15) is 36.6 Å². The van der Waals surface area contributed by atoms with E-state index in [0.717, 1.165) is 26.2 Å². The summed E-state index contributed by atoms with van der Waals surface area (Å²) in [4.78, 5) is 7.17. The number of likely N-dealkylation sites (N-methyl/N-ethyl adjacent to an activating group) is 1. The third-order valence-corrected chi connectivity index (χ3v) is 5.22. The Kier molecular flexibility index (Phi) is 4.29. The molecule has 1 saturated heterocycles. The maximum absolute atomic E-state index is 9.51. The Morgan fingerprint density at radius 1 is 1.21 bits per heavy atom. The zero-order valence-corrected chi connectivity index (χ0v) is 13.1. The molecule has 1 unspecified atom stereocenters. The van der Waals surface area contributed by atoms with Crippen molar-refractivity contribution >= 4 is 11.3 Å². The van der Waals surface area contributed by atoms with Crippen LogP contribution in [0.4, 0.5) is 0 Å². The molecule has 0 aromatic carbocycles. The maximum Gasteiger partial charge on any atom is 0.133 e. The van der Waals surface area contributed by atoms with Crippen molar-refractivity contribution < 1.29 is 0 Å². The summed E-state index contributed by atoms with van der Waals surface area (Å²) in [5.41, 5.74) is 0.172. The molecule has 3 nitrogen and oxygen atoms in total. The van der Waals surface area contributed by atoms with Crippen LogP contribution >= 0.6 is 11.3 Å². The van der Waals surface area contributed by atoms with E-state index in [1.165, 1.54) is 9.75 Å². The fourth-order valence-corrected chi connectivity index (χ4v) is 3.45. The summed E-state index contributed by atoms with van der Waals surface area (Å²) in [6.45, 7) is 10.7. The molecule has 0 saturated carbocycles. The molecule has 0 N–H and O–H groups in total. The molecule has 0 amide bonds. The Morgan fingerprint density at radius 2 is 1.84 bits per heavy atom. The van der Waals surface area contributed by atoms with Gasteiger partial charge in [-0.05, 0) is 24.6 Å². The fourth-order valence-electron chi connectivity index (χ4n) is 2.31. The zero-order valence-electron chi connectivity index (χ0n) is 12.3. The van der Waals surface area contributed by atoms with Gasteiger partial charge in [-0.25, -0.2) is 0 Å². The van der Waals surface area contributed by atoms with Gasteiger partial charge >= 0.3 is 0 Å². The van der Waals surface area contributed by atoms with Crippen molar-refractivity contribution in [1.29, 1.82) is 5.26 Å². The van der Waals surface area contributed by atoms with Crippen molar-refractivity contribution in [2.24, 2.45) is 0 Å². The molecule has 0 bridgehead atoms. The van der Waals surface area contributed by atoms with Crippen LogP contribution in [-0.4, -0.2) is 43.0 Å². The average Bonchev–Trinajstić information content (AvgIpc) is 2.82. The van der Waals surface area contributed by atoms with Crippen LogP contribution < -0.4 is 0 Å². The van der Waals surface area contributed by atoms with E-state index < -0.39 is 0 Å². The molecule has 19 heavy (non-hydrogen) atoms. The van der Waals surface area contributed by atoms with Crippen molar-refractivity contribution in [2.45, 2.75) is 32.2 Å². The van der Waals surface area contributed by atoms with Gasteiger partial charge in [0, 0.05) is 35.9 Å². The van der Waals surface area contributed by atoms with Crippen molar-refractivity contribution in [3.63, 3.8) is 0 Å². The molecule has 2 rings (SSSR count). The number of nitrogens with zero attached hydrogens (tertiary/aromatic N) is 3. The van der Waals surface area contributed by atoms with Crippen LogP contribution in [0.2, 0.25) is 0 Å². The summed E-state index contributed by atoms with van der Waals surface area (Å²) >= 11 is 1.79. The summed E-state index contributed by atoms with van der Waals surface area (Å²) in [7, 11) is 2.14. The topological polar surface area (TPSA) is 30.3 Å². The van der Waals surface area contributed by atoms with Crippen molar-refractivity contribution in [2.75, 3.05) is 33.2 Å². The standard InChI is InChI=1S/C15H23N3S/c1-15(2,3)14-6-5-13(19-14)12(11-16)18-9-7-17(4)8-10-18/h5-6,12H,7-10H2,1-4H3. The second-order valence-corrected chi connectivity index (χ2v) is 7.44. The molecule has 1 fully saturated rings. The summed E-state index contributed by atoms with van der Waals surface area (Å²) in [5.74, 6) is 0. The van der Waals surface area contributed by atoms with Crippen LogP contribution in [0.15, 0.2) is 12.1 Å². The lowest BCUT2D eigenvalue weighted by molar-refractivity contribution is 0.134. The van der Waals surface area contributed by atoms with E-state index in [-0.39, 0.29) is 11.5 Å². The highest BCUT2D eigenvalue weighted by molar-refractivity contribution is 7.12. The van der Waals surface area contributed by atoms with Gasteiger partial charge in [0.25, 0.3) is 0 Å². The van der Waals surface area contributed by atoms with Crippen LogP contribution in [0.25, 0.3) is 0 Å². The molecule has 1 atom stereocenters. The molecule has 0 radical (unpaired) electrons. The van der Waals surface area contributed by atoms with Crippen LogP contribution in [0, 0.1) is 11.3 Å². The van der Waals surface area contributed by atoms with Crippen molar-refractivity contribution in [1.82, 2.24) is 9.80 Å². The minimum atomic E-state index is -0.0743. The van der Waals surface area contributed by atoms with Gasteiger partial charge in [-0.15, -0.1) is 11.3 Å². The minimum Gasteiger partial charge on any atom is -0.304 e. The molecule has 0 aliphatic carbocycles. The van der Waals surface area contributed by atoms with E-state index >= 15 is 0 Å². The first-order chi connectivity index (χ1) is 8.91. The van der Waals surface area contributed by atoms with Gasteiger partial charge in [0.2, 0.25) is 0 Å². The fraction of sp³-hybridized carbons (Fsp3) is 0.667. The average molecular weight is 277 g/mol. The van der Waals surface area contributed by atoms with E-state index in [4.69, 9.17) is 0 Å². The van der Waals surface area contributed by atoms with Crippen molar-refractivity contribution in [3.8, 4) is 6.07 Å². The van der Waals surface area contributed by atoms with Gasteiger partial charge in [0.05, 0.1) is 6.07 Å². The Hall–Kier alpha value is -0.890. The van der Waals surface area contributed by atoms with Crippen LogP contribution in [0.5, 0.6) is 0 Å². The summed E-state index contributed by atoms with van der Waals surface area (Å²) in [5, 5.41) is 9.51. The monoisotopic (exact) mass is 277 g/mol. The summed E-state index contributed by atoms with van der Waals surface area (Å²) in [6, 6.07) is 6.73. The summed E-state index contributed by atoms with van der Waals surface area (Å²) in [6.07, 6.45) is 0. The first-order valence-corrected chi connectivity index (χ1v) is 7.66. The van der Waals surface area contributed by atoms with Gasteiger partial charge in [0.15, 0.2) is 0 Å². The molecule has 1 aliphatic rings. The lowest BCUT2D eigenvalue weighted by atomic mass is 9.95. The number of hydrogen-bond donors (Lipinski definition) is 0. The van der Waals surface area contributed by atoms with Gasteiger partial charge in [-0.3, -0.25) is 4.90 Å². The molecule has 4 heteroatoms. The molecule has 1 aromatic rings. The number of thiophene rings is 1. The molecule has 2 heterocycles. The van der Waals surface area contributed by atoms with Gasteiger partial charge < -0.3 is 4.90 Å². The first kappa shape index (κ1) is 14.5. The molecular formula is C15H23N3S. The van der Waals surface area contributed by atoms with Gasteiger partial charge in [-0.2, -0.15) is 5.26 Å². The third kappa shape index (κ3) is 3.36. The molecule has 1 aliphatic heterocycles. The minimum absolute atomic E-state index is 0.0743. The van der Waals surface area contributed by atoms with E-state index in [0.29, 0.717) is 0 Å². The normalized spacial score (nSPS) is 20.2. The predicted molar refractivity (Wildman–Crippen MR) is 80.4 cm³/mol. The van der Waals surface area contributed by atoms with E-state index in [1.54, 1.807) is 11.3 Å². The molecule has 1 aromatic heterocycles. The second kappa shape index (κ2) is 5.62. The van der Waals surface area contributed by atoms with Crippen LogP contribution in [0.3, 0.4) is 0 Å². The Bertz CT molecular complexity index is 458. The number of piperazine rings is 1. The first-order valence-electron chi connectivity index (χ1n) is 6.84. The number of nitriles is 1. The Labute approximate surface area is 120 Å². The zero-order chi connectivity index (χ0) is 14.0. The lowest BCUT2D eigenvalue weighted by Crippen LogP contribution is -2.45. The van der Waals surface area contributed by atoms with Crippen molar-refractivity contribution in [3.05, 3.63) is 21.9 Å². The highest BCUT2D eigenvalue weighted by Gasteiger charge is 2.26. The van der Waals surface area contributed by atoms with Gasteiger partial charge in [0.1, 0.15) is 6.04 Å². The van der Waals surface area contributed by atoms with E-state index in [1.807, 2.05) is 0 Å². The quantitative estimate of drug-likeness (QED) is 0.832. The molecular weight excluding hydrogens is 254 g/mol. The predicted octanol–water partition coefficient (Wildman–Crippen LogP) is 2.86. The Morgan fingerprint density at radius 3 is 2.32 bits per heavy atom. The van der Waals surface area contributed by atoms with Gasteiger partial charge in [-0.1, -0.05) is 20.8 Å². The summed E-state index contributed by atoms with van der Waals surface area (Å²) < 4.78 is 0. The SMILES string of the molecule is CN1CCN(C(C#N)c2ccc(C(C)(C)C)s2)CC1. The number of hydrogen-bond acceptors (Lipinski definition) is 4. The molecule has 0 spiro atoms. The smallest absolute Gasteiger partial charge is 0.133 e. The largest absolute Gasteiger partial charge is 0.304 e. The lowest BCUT2D eigenvalue weighted by Gasteiger charge is -2.34. The Balaban J connectivity index is 2.14. The number of rotatable bonds is 2. The van der Waals surface area contributed by atoms with E-state index in [2.05, 4.69) is 55.8 Å². The third-order valence-electron chi connectivity index (χ3n) is 3.66. The van der Waals surface area contributed by atoms with Crippen LogP contribution in [-0.2, 0) is 5.41 Å². The maximum atomic E-state index is 9.51. The van der Waals surface area contributed by atoms with E-state index in [9.17, 15) is 5.26 Å². The highest BCUT2D eigenvalue weighted by Crippen LogP contribution is 2.34. The second-order valence-electron chi connectivity index (χ2n) is 6.32. The highest BCUT2D eigenvalue weighted by atomic mass is 32.1. The molecule has 104 valence electrons.